The zero-order valence-corrected chi connectivity index (χ0v) is 20.6. The predicted octanol–water partition coefficient (Wildman–Crippen LogP) is 3.73. The number of fused-ring (bicyclic) bond motifs is 2. The number of hydrogen-bond donors (Lipinski definition) is 1. The van der Waals surface area contributed by atoms with E-state index in [9.17, 15) is 27.5 Å². The van der Waals surface area contributed by atoms with Crippen LogP contribution in [0.3, 0.4) is 0 Å². The summed E-state index contributed by atoms with van der Waals surface area (Å²) in [6.45, 7) is 1.42. The first-order valence-electron chi connectivity index (χ1n) is 11.7. The number of halogens is 1. The van der Waals surface area contributed by atoms with Gasteiger partial charge in [-0.2, -0.15) is 4.31 Å². The number of rotatable bonds is 10. The zero-order chi connectivity index (χ0) is 25.9. The van der Waals surface area contributed by atoms with Gasteiger partial charge in [0.2, 0.25) is 10.0 Å². The second-order valence-electron chi connectivity index (χ2n) is 8.86. The predicted molar refractivity (Wildman–Crippen MR) is 126 cm³/mol. The largest absolute Gasteiger partial charge is 0.480 e. The summed E-state index contributed by atoms with van der Waals surface area (Å²) in [6, 6.07) is 10.8. The molecule has 2 unspecified atom stereocenters. The fourth-order valence-electron chi connectivity index (χ4n) is 4.84. The quantitative estimate of drug-likeness (QED) is 0.470. The minimum absolute atomic E-state index is 0.00729. The van der Waals surface area contributed by atoms with Gasteiger partial charge >= 0.3 is 11.9 Å². The van der Waals surface area contributed by atoms with Crippen LogP contribution in [-0.2, 0) is 29.1 Å². The van der Waals surface area contributed by atoms with Crippen LogP contribution in [0, 0.1) is 5.82 Å². The Morgan fingerprint density at radius 2 is 1.61 bits per heavy atom. The molecule has 2 aliphatic rings. The lowest BCUT2D eigenvalue weighted by Crippen LogP contribution is -2.61. The number of sulfonamides is 1. The highest BCUT2D eigenvalue weighted by atomic mass is 32.2. The van der Waals surface area contributed by atoms with Gasteiger partial charge in [-0.15, -0.1) is 0 Å². The molecule has 2 heterocycles. The van der Waals surface area contributed by atoms with Crippen molar-refractivity contribution in [1.29, 1.82) is 0 Å². The highest BCUT2D eigenvalue weighted by Crippen LogP contribution is 2.44. The number of carboxylic acid groups (broad SMARTS) is 1. The number of esters is 1. The SMILES string of the molecule is CCOC(=O)CCN(C1(C(=O)O)CC2CCC(C1)O2)S(=O)(=O)c1ccc(Oc2ccc(F)cc2)cc1. The van der Waals surface area contributed by atoms with E-state index < -0.39 is 33.3 Å². The lowest BCUT2D eigenvalue weighted by molar-refractivity contribution is -0.160. The monoisotopic (exact) mass is 521 g/mol. The summed E-state index contributed by atoms with van der Waals surface area (Å²) in [6.07, 6.45) is 0.267. The van der Waals surface area contributed by atoms with Gasteiger partial charge in [-0.05, 0) is 68.3 Å². The summed E-state index contributed by atoms with van der Waals surface area (Å²) in [4.78, 5) is 24.6. The Morgan fingerprint density at radius 1 is 1.06 bits per heavy atom. The molecule has 2 saturated heterocycles. The second-order valence-corrected chi connectivity index (χ2v) is 10.7. The Hall–Kier alpha value is -3.02. The molecule has 2 aromatic carbocycles. The van der Waals surface area contributed by atoms with Crippen molar-refractivity contribution >= 4 is 22.0 Å². The molecule has 2 atom stereocenters. The first-order valence-corrected chi connectivity index (χ1v) is 13.2. The molecule has 0 spiro atoms. The average Bonchev–Trinajstić information content (AvgIpc) is 3.19. The number of carbonyl (C=O) groups excluding carboxylic acids is 1. The fraction of sp³-hybridized carbons (Fsp3) is 0.440. The van der Waals surface area contributed by atoms with E-state index in [0.717, 1.165) is 4.31 Å². The van der Waals surface area contributed by atoms with Crippen LogP contribution in [0.25, 0.3) is 0 Å². The van der Waals surface area contributed by atoms with E-state index in [-0.39, 0.29) is 49.5 Å². The molecule has 0 aliphatic carbocycles. The Labute approximate surface area is 208 Å². The summed E-state index contributed by atoms with van der Waals surface area (Å²) >= 11 is 0. The van der Waals surface area contributed by atoms with Crippen molar-refractivity contribution in [2.75, 3.05) is 13.2 Å². The van der Waals surface area contributed by atoms with E-state index in [2.05, 4.69) is 0 Å². The van der Waals surface area contributed by atoms with Crippen molar-refractivity contribution in [1.82, 2.24) is 4.31 Å². The standard InChI is InChI=1S/C25H28FNO8S/c1-2-33-23(28)13-14-27(25(24(29)30)15-20-7-8-21(16-25)35-20)36(31,32)22-11-9-19(10-12-22)34-18-5-3-17(26)4-6-18/h3-6,9-12,20-21H,2,7-8,13-16H2,1H3,(H,29,30). The van der Waals surface area contributed by atoms with Crippen LogP contribution in [0.5, 0.6) is 11.5 Å². The van der Waals surface area contributed by atoms with Gasteiger partial charge in [-0.3, -0.25) is 9.59 Å². The number of aliphatic carboxylic acids is 1. The van der Waals surface area contributed by atoms with Crippen LogP contribution in [-0.4, -0.2) is 60.7 Å². The van der Waals surface area contributed by atoms with Gasteiger partial charge in [-0.1, -0.05) is 0 Å². The van der Waals surface area contributed by atoms with E-state index >= 15 is 0 Å². The Bertz CT molecular complexity index is 1190. The maximum atomic E-state index is 13.8. The van der Waals surface area contributed by atoms with Crippen LogP contribution >= 0.6 is 0 Å². The van der Waals surface area contributed by atoms with Crippen molar-refractivity contribution in [2.45, 2.75) is 61.7 Å². The molecule has 0 saturated carbocycles. The van der Waals surface area contributed by atoms with Crippen LogP contribution in [0.1, 0.15) is 39.0 Å². The topological polar surface area (TPSA) is 119 Å². The van der Waals surface area contributed by atoms with E-state index in [1.807, 2.05) is 0 Å². The number of benzene rings is 2. The van der Waals surface area contributed by atoms with Gasteiger partial charge in [0.25, 0.3) is 0 Å². The van der Waals surface area contributed by atoms with Crippen LogP contribution in [0.15, 0.2) is 53.4 Å². The summed E-state index contributed by atoms with van der Waals surface area (Å²) in [5, 5.41) is 10.3. The summed E-state index contributed by atoms with van der Waals surface area (Å²) in [5.41, 5.74) is -1.75. The van der Waals surface area contributed by atoms with E-state index in [1.165, 1.54) is 48.5 Å². The molecule has 9 nitrogen and oxygen atoms in total. The van der Waals surface area contributed by atoms with Gasteiger partial charge in [0.1, 0.15) is 22.9 Å². The average molecular weight is 522 g/mol. The van der Waals surface area contributed by atoms with Crippen molar-refractivity contribution in [3.63, 3.8) is 0 Å². The van der Waals surface area contributed by atoms with E-state index in [1.54, 1.807) is 6.92 Å². The Morgan fingerprint density at radius 3 is 2.14 bits per heavy atom. The smallest absolute Gasteiger partial charge is 0.325 e. The third-order valence-electron chi connectivity index (χ3n) is 6.49. The highest BCUT2D eigenvalue weighted by Gasteiger charge is 2.57. The Kier molecular flexibility index (Phi) is 7.62. The molecule has 11 heteroatoms. The minimum atomic E-state index is -4.35. The zero-order valence-electron chi connectivity index (χ0n) is 19.8. The molecule has 1 N–H and O–H groups in total. The molecule has 2 aliphatic heterocycles. The van der Waals surface area contributed by atoms with Crippen LogP contribution < -0.4 is 4.74 Å². The van der Waals surface area contributed by atoms with Crippen molar-refractivity contribution < 1.29 is 41.7 Å². The summed E-state index contributed by atoms with van der Waals surface area (Å²) in [5.74, 6) is -1.62. The maximum Gasteiger partial charge on any atom is 0.325 e. The Balaban J connectivity index is 1.65. The van der Waals surface area contributed by atoms with Gasteiger partial charge in [0.05, 0.1) is 30.1 Å². The minimum Gasteiger partial charge on any atom is -0.480 e. The van der Waals surface area contributed by atoms with Crippen molar-refractivity contribution in [3.05, 3.63) is 54.3 Å². The van der Waals surface area contributed by atoms with Gasteiger partial charge in [0.15, 0.2) is 0 Å². The molecular weight excluding hydrogens is 493 g/mol. The van der Waals surface area contributed by atoms with Crippen LogP contribution in [0.2, 0.25) is 0 Å². The van der Waals surface area contributed by atoms with Crippen molar-refractivity contribution in [2.24, 2.45) is 0 Å². The highest BCUT2D eigenvalue weighted by molar-refractivity contribution is 7.89. The normalized spacial score (nSPS) is 23.4. The van der Waals surface area contributed by atoms with Gasteiger partial charge < -0.3 is 19.3 Å². The van der Waals surface area contributed by atoms with Gasteiger partial charge in [-0.25, -0.2) is 12.8 Å². The molecule has 36 heavy (non-hydrogen) atoms. The molecule has 194 valence electrons. The molecule has 0 amide bonds. The van der Waals surface area contributed by atoms with Gasteiger partial charge in [0, 0.05) is 19.4 Å². The lowest BCUT2D eigenvalue weighted by atomic mass is 9.86. The van der Waals surface area contributed by atoms with E-state index in [4.69, 9.17) is 14.2 Å². The maximum absolute atomic E-state index is 13.8. The first kappa shape index (κ1) is 26.1. The number of carbonyl (C=O) groups is 2. The van der Waals surface area contributed by atoms with Crippen molar-refractivity contribution in [3.8, 4) is 11.5 Å². The molecule has 0 radical (unpaired) electrons. The molecule has 4 rings (SSSR count). The number of carboxylic acids is 1. The van der Waals surface area contributed by atoms with E-state index in [0.29, 0.717) is 24.3 Å². The number of hydrogen-bond acceptors (Lipinski definition) is 7. The van der Waals surface area contributed by atoms with Crippen LogP contribution in [0.4, 0.5) is 4.39 Å². The molecule has 2 aromatic rings. The number of nitrogens with zero attached hydrogens (tertiary/aromatic N) is 1. The lowest BCUT2D eigenvalue weighted by Gasteiger charge is -2.44. The molecule has 2 bridgehead atoms. The summed E-state index contributed by atoms with van der Waals surface area (Å²) in [7, 11) is -4.35. The first-order chi connectivity index (χ1) is 17.1. The number of ether oxygens (including phenoxy) is 3. The third-order valence-corrected chi connectivity index (χ3v) is 8.47. The fourth-order valence-corrected chi connectivity index (χ4v) is 6.59. The molecular formula is C25H28FNO8S. The molecule has 0 aromatic heterocycles. The second kappa shape index (κ2) is 10.5. The summed E-state index contributed by atoms with van der Waals surface area (Å²) < 4.78 is 58.1. The third kappa shape index (κ3) is 5.37. The molecule has 2 fully saturated rings.